The van der Waals surface area contributed by atoms with Crippen molar-refractivity contribution in [2.24, 2.45) is 0 Å². The number of carbonyl (C=O) groups excluding carboxylic acids is 2. The summed E-state index contributed by atoms with van der Waals surface area (Å²) >= 11 is 0. The summed E-state index contributed by atoms with van der Waals surface area (Å²) in [7, 11) is 1.28. The highest BCUT2D eigenvalue weighted by Crippen LogP contribution is 1.81. The molecule has 0 aliphatic rings. The molecule has 0 fully saturated rings. The van der Waals surface area contributed by atoms with Crippen LogP contribution >= 0.6 is 0 Å². The maximum absolute atomic E-state index is 10.6. The molecule has 0 aliphatic heterocycles. The predicted molar refractivity (Wildman–Crippen MR) is 52.4 cm³/mol. The van der Waals surface area contributed by atoms with Gasteiger partial charge >= 0.3 is 12.1 Å². The molecule has 0 bridgehead atoms. The van der Waals surface area contributed by atoms with E-state index in [0.29, 0.717) is 13.2 Å². The van der Waals surface area contributed by atoms with Gasteiger partial charge in [-0.05, 0) is 0 Å². The monoisotopic (exact) mass is 217 g/mol. The number of methoxy groups -OCH3 is 1. The average molecular weight is 217 g/mol. The highest BCUT2D eigenvalue weighted by atomic mass is 16.6. The summed E-state index contributed by atoms with van der Waals surface area (Å²) < 4.78 is 14.0. The van der Waals surface area contributed by atoms with Crippen LogP contribution in [0.5, 0.6) is 0 Å². The first-order valence-corrected chi connectivity index (χ1v) is 4.39. The molecule has 15 heavy (non-hydrogen) atoms. The second-order valence-electron chi connectivity index (χ2n) is 2.40. The van der Waals surface area contributed by atoms with Gasteiger partial charge in [0.25, 0.3) is 0 Å². The number of hydrogen-bond donors (Lipinski definition) is 1. The molecule has 0 radical (unpaired) electrons. The van der Waals surface area contributed by atoms with E-state index in [1.54, 1.807) is 0 Å². The first-order valence-electron chi connectivity index (χ1n) is 4.39. The molecule has 0 spiro atoms. The third-order valence-electron chi connectivity index (χ3n) is 1.34. The van der Waals surface area contributed by atoms with Gasteiger partial charge < -0.3 is 19.5 Å². The molecule has 86 valence electrons. The van der Waals surface area contributed by atoms with Crippen molar-refractivity contribution in [1.82, 2.24) is 5.32 Å². The van der Waals surface area contributed by atoms with Gasteiger partial charge in [0.1, 0.15) is 6.61 Å². The molecule has 0 aromatic carbocycles. The van der Waals surface area contributed by atoms with Crippen molar-refractivity contribution in [3.8, 4) is 0 Å². The highest BCUT2D eigenvalue weighted by Gasteiger charge is 1.97. The summed E-state index contributed by atoms with van der Waals surface area (Å²) in [5.41, 5.74) is 0. The van der Waals surface area contributed by atoms with Gasteiger partial charge in [-0.2, -0.15) is 0 Å². The highest BCUT2D eigenvalue weighted by molar-refractivity contribution is 5.81. The van der Waals surface area contributed by atoms with Crippen LogP contribution in [0.2, 0.25) is 0 Å². The number of nitrogens with one attached hydrogen (secondary N) is 1. The van der Waals surface area contributed by atoms with Crippen molar-refractivity contribution in [2.75, 3.05) is 33.5 Å². The molecule has 0 aromatic heterocycles. The molecule has 0 atom stereocenters. The number of rotatable bonds is 7. The van der Waals surface area contributed by atoms with E-state index in [1.807, 2.05) is 0 Å². The van der Waals surface area contributed by atoms with E-state index in [9.17, 15) is 9.59 Å². The lowest BCUT2D eigenvalue weighted by atomic mass is 10.6. The zero-order valence-corrected chi connectivity index (χ0v) is 8.65. The fraction of sp³-hybridized carbons (Fsp3) is 0.556. The van der Waals surface area contributed by atoms with Crippen LogP contribution in [0.4, 0.5) is 4.79 Å². The molecule has 0 aliphatic carbocycles. The first-order chi connectivity index (χ1) is 7.20. The SMILES string of the molecule is C=CC(=O)OCCOCCNC(=O)OC. The number of alkyl carbamates (subject to hydrolysis) is 1. The molecule has 6 heteroatoms. The number of esters is 1. The standard InChI is InChI=1S/C9H15NO5/c1-3-8(11)15-7-6-14-5-4-10-9(12)13-2/h3H,1,4-7H2,2H3,(H,10,12). The Hall–Kier alpha value is -1.56. The molecule has 0 unspecified atom stereocenters. The fourth-order valence-corrected chi connectivity index (χ4v) is 0.660. The van der Waals surface area contributed by atoms with E-state index in [1.165, 1.54) is 7.11 Å². The van der Waals surface area contributed by atoms with Crippen LogP contribution in [-0.2, 0) is 19.0 Å². The second-order valence-corrected chi connectivity index (χ2v) is 2.40. The molecule has 1 N–H and O–H groups in total. The molecule has 0 saturated carbocycles. The smallest absolute Gasteiger partial charge is 0.406 e. The second kappa shape index (κ2) is 9.01. The van der Waals surface area contributed by atoms with Gasteiger partial charge in [-0.25, -0.2) is 9.59 Å². The van der Waals surface area contributed by atoms with E-state index >= 15 is 0 Å². The Morgan fingerprint density at radius 2 is 2.07 bits per heavy atom. The van der Waals surface area contributed by atoms with Crippen LogP contribution in [0, 0.1) is 0 Å². The minimum Gasteiger partial charge on any atom is -0.460 e. The van der Waals surface area contributed by atoms with Crippen molar-refractivity contribution >= 4 is 12.1 Å². The van der Waals surface area contributed by atoms with Gasteiger partial charge in [-0.15, -0.1) is 0 Å². The minimum atomic E-state index is -0.503. The first kappa shape index (κ1) is 13.4. The van der Waals surface area contributed by atoms with Gasteiger partial charge in [-0.1, -0.05) is 6.58 Å². The van der Waals surface area contributed by atoms with Gasteiger partial charge in [0.2, 0.25) is 0 Å². The van der Waals surface area contributed by atoms with Gasteiger partial charge in [-0.3, -0.25) is 0 Å². The lowest BCUT2D eigenvalue weighted by Crippen LogP contribution is -2.27. The molecule has 0 heterocycles. The third-order valence-corrected chi connectivity index (χ3v) is 1.34. The molecular weight excluding hydrogens is 202 g/mol. The minimum absolute atomic E-state index is 0.170. The van der Waals surface area contributed by atoms with E-state index in [2.05, 4.69) is 21.4 Å². The van der Waals surface area contributed by atoms with Crippen LogP contribution in [0.15, 0.2) is 12.7 Å². The van der Waals surface area contributed by atoms with Crippen LogP contribution in [0.25, 0.3) is 0 Å². The average Bonchev–Trinajstić information content (AvgIpc) is 2.26. The number of ether oxygens (including phenoxy) is 3. The zero-order valence-electron chi connectivity index (χ0n) is 8.65. The summed E-state index contributed by atoms with van der Waals surface area (Å²) in [5, 5.41) is 2.43. The predicted octanol–water partition coefficient (Wildman–Crippen LogP) is 0.0882. The van der Waals surface area contributed by atoms with Crippen LogP contribution in [0.3, 0.4) is 0 Å². The number of amides is 1. The largest absolute Gasteiger partial charge is 0.460 e. The molecular formula is C9H15NO5. The molecule has 0 rings (SSSR count). The van der Waals surface area contributed by atoms with Crippen LogP contribution < -0.4 is 5.32 Å². The third kappa shape index (κ3) is 8.76. The maximum Gasteiger partial charge on any atom is 0.406 e. The van der Waals surface area contributed by atoms with E-state index in [0.717, 1.165) is 6.08 Å². The van der Waals surface area contributed by atoms with Gasteiger partial charge in [0.05, 0.1) is 20.3 Å². The van der Waals surface area contributed by atoms with Crippen LogP contribution in [0.1, 0.15) is 0 Å². The van der Waals surface area contributed by atoms with Gasteiger partial charge in [0.15, 0.2) is 0 Å². The summed E-state index contributed by atoms with van der Waals surface area (Å²) in [4.78, 5) is 21.1. The van der Waals surface area contributed by atoms with Crippen LogP contribution in [-0.4, -0.2) is 45.5 Å². The summed E-state index contributed by atoms with van der Waals surface area (Å²) in [6.45, 7) is 4.37. The summed E-state index contributed by atoms with van der Waals surface area (Å²) in [6.07, 6.45) is 0.579. The lowest BCUT2D eigenvalue weighted by Gasteiger charge is -2.05. The van der Waals surface area contributed by atoms with E-state index in [4.69, 9.17) is 4.74 Å². The topological polar surface area (TPSA) is 73.9 Å². The summed E-state index contributed by atoms with van der Waals surface area (Å²) in [6, 6.07) is 0. The van der Waals surface area contributed by atoms with Crippen molar-refractivity contribution in [2.45, 2.75) is 0 Å². The van der Waals surface area contributed by atoms with Crippen molar-refractivity contribution in [3.05, 3.63) is 12.7 Å². The Bertz CT molecular complexity index is 217. The van der Waals surface area contributed by atoms with Crippen molar-refractivity contribution < 1.29 is 23.8 Å². The quantitative estimate of drug-likeness (QED) is 0.371. The Labute approximate surface area is 88.2 Å². The van der Waals surface area contributed by atoms with Gasteiger partial charge in [0, 0.05) is 12.6 Å². The van der Waals surface area contributed by atoms with E-state index < -0.39 is 12.1 Å². The lowest BCUT2D eigenvalue weighted by molar-refractivity contribution is -0.139. The normalized spacial score (nSPS) is 9.13. The number of carbonyl (C=O) groups is 2. The van der Waals surface area contributed by atoms with Crippen molar-refractivity contribution in [3.63, 3.8) is 0 Å². The Morgan fingerprint density at radius 3 is 2.67 bits per heavy atom. The molecule has 1 amide bonds. The molecule has 0 saturated heterocycles. The molecule has 0 aromatic rings. The van der Waals surface area contributed by atoms with Crippen molar-refractivity contribution in [1.29, 1.82) is 0 Å². The van der Waals surface area contributed by atoms with E-state index in [-0.39, 0.29) is 13.2 Å². The molecule has 6 nitrogen and oxygen atoms in total. The zero-order chi connectivity index (χ0) is 11.5. The number of hydrogen-bond acceptors (Lipinski definition) is 5. The summed E-state index contributed by atoms with van der Waals surface area (Å²) in [5.74, 6) is -0.480. The Kier molecular flexibility index (Phi) is 8.08. The Balaban J connectivity index is 3.15. The Morgan fingerprint density at radius 1 is 1.33 bits per heavy atom. The maximum atomic E-state index is 10.6. The fourth-order valence-electron chi connectivity index (χ4n) is 0.660.